The number of aromatic nitrogens is 2. The second kappa shape index (κ2) is 5.09. The van der Waals surface area contributed by atoms with Crippen molar-refractivity contribution < 1.29 is 9.90 Å². The van der Waals surface area contributed by atoms with Crippen LogP contribution in [0.5, 0.6) is 0 Å². The molecule has 1 aliphatic heterocycles. The Morgan fingerprint density at radius 1 is 1.47 bits per heavy atom. The first-order valence-electron chi connectivity index (χ1n) is 5.64. The van der Waals surface area contributed by atoms with E-state index >= 15 is 0 Å². The van der Waals surface area contributed by atoms with E-state index in [9.17, 15) is 4.79 Å². The molecule has 1 aromatic rings. The van der Waals surface area contributed by atoms with Crippen LogP contribution >= 0.6 is 0 Å². The van der Waals surface area contributed by atoms with Gasteiger partial charge in [-0.15, -0.1) is 0 Å². The lowest BCUT2D eigenvalue weighted by Gasteiger charge is -2.10. The average molecular weight is 236 g/mol. The van der Waals surface area contributed by atoms with Gasteiger partial charge in [-0.05, 0) is 7.05 Å². The summed E-state index contributed by atoms with van der Waals surface area (Å²) in [5, 5.41) is 11.3. The molecular formula is C11H16N4O2. The molecule has 1 aromatic heterocycles. The van der Waals surface area contributed by atoms with Crippen LogP contribution in [0.4, 0.5) is 5.82 Å². The topological polar surface area (TPSA) is 78.4 Å². The summed E-state index contributed by atoms with van der Waals surface area (Å²) in [6.07, 6.45) is 3.37. The van der Waals surface area contributed by atoms with E-state index in [0.29, 0.717) is 5.82 Å². The second-order valence-electron chi connectivity index (χ2n) is 4.20. The standard InChI is InChI=1S/C11H16N4O2/c1-15-4-2-8-9(3-5-15)14-10(6-12-8)13-7-11(16)17/h6H,2-5,7H2,1H3,(H,13,14)(H,16,17). The van der Waals surface area contributed by atoms with Gasteiger partial charge in [0.15, 0.2) is 0 Å². The quantitative estimate of drug-likeness (QED) is 0.769. The third-order valence-electron chi connectivity index (χ3n) is 2.81. The molecule has 0 spiro atoms. The van der Waals surface area contributed by atoms with Gasteiger partial charge in [0.2, 0.25) is 0 Å². The van der Waals surface area contributed by atoms with Gasteiger partial charge in [0.05, 0.1) is 17.6 Å². The molecule has 1 aliphatic rings. The Morgan fingerprint density at radius 3 is 2.88 bits per heavy atom. The molecule has 2 rings (SSSR count). The largest absolute Gasteiger partial charge is 0.480 e. The van der Waals surface area contributed by atoms with Gasteiger partial charge in [-0.2, -0.15) is 0 Å². The third-order valence-corrected chi connectivity index (χ3v) is 2.81. The van der Waals surface area contributed by atoms with Gasteiger partial charge in [-0.25, -0.2) is 4.98 Å². The lowest BCUT2D eigenvalue weighted by Crippen LogP contribution is -2.20. The predicted octanol–water partition coefficient (Wildman–Crippen LogP) is 0.00350. The van der Waals surface area contributed by atoms with Crippen molar-refractivity contribution in [2.24, 2.45) is 0 Å². The smallest absolute Gasteiger partial charge is 0.322 e. The zero-order chi connectivity index (χ0) is 12.3. The van der Waals surface area contributed by atoms with Gasteiger partial charge in [0.25, 0.3) is 0 Å². The molecule has 0 fully saturated rings. The molecule has 92 valence electrons. The summed E-state index contributed by atoms with van der Waals surface area (Å²) >= 11 is 0. The molecule has 17 heavy (non-hydrogen) atoms. The van der Waals surface area contributed by atoms with E-state index in [4.69, 9.17) is 5.11 Å². The highest BCUT2D eigenvalue weighted by Gasteiger charge is 2.14. The Balaban J connectivity index is 2.10. The average Bonchev–Trinajstić information content (AvgIpc) is 2.49. The van der Waals surface area contributed by atoms with Crippen LogP contribution in [0.1, 0.15) is 11.4 Å². The van der Waals surface area contributed by atoms with E-state index in [1.165, 1.54) is 0 Å². The molecule has 0 aliphatic carbocycles. The van der Waals surface area contributed by atoms with Crippen LogP contribution < -0.4 is 5.32 Å². The maximum atomic E-state index is 10.4. The zero-order valence-corrected chi connectivity index (χ0v) is 9.81. The van der Waals surface area contributed by atoms with Crippen molar-refractivity contribution in [3.8, 4) is 0 Å². The highest BCUT2D eigenvalue weighted by Crippen LogP contribution is 2.13. The monoisotopic (exact) mass is 236 g/mol. The van der Waals surface area contributed by atoms with Gasteiger partial charge >= 0.3 is 5.97 Å². The summed E-state index contributed by atoms with van der Waals surface area (Å²) in [5.74, 6) is -0.364. The number of carboxylic acids is 1. The van der Waals surface area contributed by atoms with Gasteiger partial charge < -0.3 is 15.3 Å². The van der Waals surface area contributed by atoms with Crippen LogP contribution in [0.25, 0.3) is 0 Å². The van der Waals surface area contributed by atoms with E-state index in [1.807, 2.05) is 0 Å². The number of aliphatic carboxylic acids is 1. The van der Waals surface area contributed by atoms with Gasteiger partial charge in [-0.1, -0.05) is 0 Å². The lowest BCUT2D eigenvalue weighted by atomic mass is 10.2. The van der Waals surface area contributed by atoms with E-state index in [-0.39, 0.29) is 6.54 Å². The Labute approximate surface area is 99.7 Å². The number of hydrogen-bond acceptors (Lipinski definition) is 5. The molecule has 0 saturated heterocycles. The van der Waals surface area contributed by atoms with Gasteiger partial charge in [0.1, 0.15) is 12.4 Å². The van der Waals surface area contributed by atoms with E-state index in [2.05, 4.69) is 27.2 Å². The second-order valence-corrected chi connectivity index (χ2v) is 4.20. The van der Waals surface area contributed by atoms with Gasteiger partial charge in [0, 0.05) is 25.9 Å². The molecule has 6 heteroatoms. The van der Waals surface area contributed by atoms with Crippen LogP contribution in [0, 0.1) is 0 Å². The Kier molecular flexibility index (Phi) is 3.53. The maximum absolute atomic E-state index is 10.4. The molecule has 6 nitrogen and oxygen atoms in total. The molecular weight excluding hydrogens is 220 g/mol. The minimum atomic E-state index is -0.901. The summed E-state index contributed by atoms with van der Waals surface area (Å²) in [6.45, 7) is 1.82. The lowest BCUT2D eigenvalue weighted by molar-refractivity contribution is -0.134. The Bertz CT molecular complexity index is 422. The number of nitrogens with zero attached hydrogens (tertiary/aromatic N) is 3. The SMILES string of the molecule is CN1CCc2ncc(NCC(=O)O)nc2CC1. The first-order valence-corrected chi connectivity index (χ1v) is 5.64. The maximum Gasteiger partial charge on any atom is 0.322 e. The van der Waals surface area contributed by atoms with Crippen LogP contribution in [0.2, 0.25) is 0 Å². The minimum absolute atomic E-state index is 0.132. The number of fused-ring (bicyclic) bond motifs is 1. The van der Waals surface area contributed by atoms with Crippen LogP contribution in [-0.4, -0.2) is 52.6 Å². The normalized spacial score (nSPS) is 16.1. The summed E-state index contributed by atoms with van der Waals surface area (Å²) in [5.41, 5.74) is 2.00. The third kappa shape index (κ3) is 3.13. The Morgan fingerprint density at radius 2 is 2.18 bits per heavy atom. The molecule has 0 atom stereocenters. The molecule has 0 aromatic carbocycles. The summed E-state index contributed by atoms with van der Waals surface area (Å²) in [4.78, 5) is 21.4. The Hall–Kier alpha value is -1.69. The number of likely N-dealkylation sites (N-methyl/N-ethyl adjacent to an activating group) is 1. The van der Waals surface area contributed by atoms with E-state index in [0.717, 1.165) is 37.3 Å². The van der Waals surface area contributed by atoms with Crippen molar-refractivity contribution in [1.82, 2.24) is 14.9 Å². The number of nitrogens with one attached hydrogen (secondary N) is 1. The predicted molar refractivity (Wildman–Crippen MR) is 63.1 cm³/mol. The summed E-state index contributed by atoms with van der Waals surface area (Å²) in [7, 11) is 2.08. The fourth-order valence-corrected chi connectivity index (χ4v) is 1.82. The van der Waals surface area contributed by atoms with Crippen molar-refractivity contribution in [2.75, 3.05) is 32.0 Å². The number of hydrogen-bond donors (Lipinski definition) is 2. The molecule has 0 bridgehead atoms. The highest BCUT2D eigenvalue weighted by molar-refractivity contribution is 5.72. The van der Waals surface area contributed by atoms with Crippen LogP contribution in [-0.2, 0) is 17.6 Å². The van der Waals surface area contributed by atoms with Crippen molar-refractivity contribution in [3.05, 3.63) is 17.6 Å². The van der Waals surface area contributed by atoms with E-state index in [1.54, 1.807) is 6.20 Å². The van der Waals surface area contributed by atoms with Crippen molar-refractivity contribution in [2.45, 2.75) is 12.8 Å². The molecule has 0 unspecified atom stereocenters. The number of carboxylic acid groups (broad SMARTS) is 1. The highest BCUT2D eigenvalue weighted by atomic mass is 16.4. The molecule has 2 heterocycles. The van der Waals surface area contributed by atoms with Crippen molar-refractivity contribution in [3.63, 3.8) is 0 Å². The molecule has 0 radical (unpaired) electrons. The zero-order valence-electron chi connectivity index (χ0n) is 9.81. The first-order chi connectivity index (χ1) is 8.15. The van der Waals surface area contributed by atoms with E-state index < -0.39 is 5.97 Å². The van der Waals surface area contributed by atoms with Crippen LogP contribution in [0.3, 0.4) is 0 Å². The molecule has 0 saturated carbocycles. The molecule has 0 amide bonds. The number of carbonyl (C=O) groups is 1. The molecule has 2 N–H and O–H groups in total. The van der Waals surface area contributed by atoms with Gasteiger partial charge in [-0.3, -0.25) is 9.78 Å². The van der Waals surface area contributed by atoms with Crippen LogP contribution in [0.15, 0.2) is 6.20 Å². The fraction of sp³-hybridized carbons (Fsp3) is 0.545. The number of rotatable bonds is 3. The number of anilines is 1. The first kappa shape index (κ1) is 11.8. The van der Waals surface area contributed by atoms with Crippen molar-refractivity contribution >= 4 is 11.8 Å². The fourth-order valence-electron chi connectivity index (χ4n) is 1.82. The summed E-state index contributed by atoms with van der Waals surface area (Å²) in [6, 6.07) is 0. The summed E-state index contributed by atoms with van der Waals surface area (Å²) < 4.78 is 0. The minimum Gasteiger partial charge on any atom is -0.480 e. The van der Waals surface area contributed by atoms with Crippen molar-refractivity contribution in [1.29, 1.82) is 0 Å².